The summed E-state index contributed by atoms with van der Waals surface area (Å²) in [5, 5.41) is 27.2. The highest BCUT2D eigenvalue weighted by Crippen LogP contribution is 2.26. The summed E-state index contributed by atoms with van der Waals surface area (Å²) in [6.07, 6.45) is 1.16. The number of unbranched alkanes of at least 4 members (excludes halogenated alkanes) is 1. The molecule has 2 aromatic rings. The van der Waals surface area contributed by atoms with Crippen LogP contribution < -0.4 is 26.4 Å². The van der Waals surface area contributed by atoms with E-state index in [1.165, 1.54) is 12.0 Å². The topological polar surface area (TPSA) is 227 Å². The van der Waals surface area contributed by atoms with Crippen LogP contribution in [0.15, 0.2) is 54.6 Å². The summed E-state index contributed by atoms with van der Waals surface area (Å²) in [6.45, 7) is 4.37. The van der Waals surface area contributed by atoms with Gasteiger partial charge < -0.3 is 46.3 Å². The number of piperidine rings is 1. The van der Waals surface area contributed by atoms with Crippen LogP contribution in [0.2, 0.25) is 0 Å². The summed E-state index contributed by atoms with van der Waals surface area (Å²) in [4.78, 5) is 79.1. The minimum absolute atomic E-state index is 0.0959. The quantitative estimate of drug-likeness (QED) is 0.0958. The van der Waals surface area contributed by atoms with Crippen molar-refractivity contribution in [2.45, 2.75) is 109 Å². The van der Waals surface area contributed by atoms with Gasteiger partial charge in [-0.15, -0.1) is 0 Å². The number of benzene rings is 2. The van der Waals surface area contributed by atoms with E-state index in [0.717, 1.165) is 5.56 Å². The number of carbonyl (C=O) groups is 6. The standard InChI is InChI=1S/C39H55N5O10/c1-25(2)36(43-34(46)22-27-14-7-8-16-31(27)54-24-26-12-5-4-6-13-26)37(49)42-29(23-35(47)48)38(50)44-21-11-17-32(53-3)30(44)18-19-33(45)41-28(39(51)52)15-9-10-20-40/h4-8,12-14,16,25,28-30,32,36H,9-11,15,17-24,40H2,1-3H3,(H,41,45)(H,42,49)(H,43,46)(H,47,48)(H,51,52)/t28-,29-,30+,32+,36-/m0/s1. The number of ether oxygens (including phenoxy) is 2. The van der Waals surface area contributed by atoms with Gasteiger partial charge in [-0.2, -0.15) is 0 Å². The number of amides is 4. The molecule has 0 radical (unpaired) electrons. The molecule has 0 saturated carbocycles. The lowest BCUT2D eigenvalue weighted by atomic mass is 9.93. The summed E-state index contributed by atoms with van der Waals surface area (Å²) in [5.74, 6) is -4.77. The van der Waals surface area contributed by atoms with Crippen molar-refractivity contribution in [1.82, 2.24) is 20.9 Å². The number of likely N-dealkylation sites (tertiary alicyclic amines) is 1. The summed E-state index contributed by atoms with van der Waals surface area (Å²) in [6, 6.07) is 12.3. The molecule has 1 aliphatic rings. The molecular weight excluding hydrogens is 698 g/mol. The molecule has 0 spiro atoms. The van der Waals surface area contributed by atoms with Gasteiger partial charge in [0.25, 0.3) is 0 Å². The molecule has 15 heteroatoms. The Balaban J connectivity index is 1.70. The normalized spacial score (nSPS) is 17.2. The van der Waals surface area contributed by atoms with Crippen molar-refractivity contribution in [3.8, 4) is 5.75 Å². The molecule has 4 amide bonds. The van der Waals surface area contributed by atoms with E-state index in [1.807, 2.05) is 30.3 Å². The summed E-state index contributed by atoms with van der Waals surface area (Å²) in [7, 11) is 1.48. The van der Waals surface area contributed by atoms with E-state index in [0.29, 0.717) is 50.1 Å². The van der Waals surface area contributed by atoms with E-state index in [-0.39, 0.29) is 32.2 Å². The molecule has 0 aliphatic carbocycles. The third kappa shape index (κ3) is 13.8. The van der Waals surface area contributed by atoms with Crippen molar-refractivity contribution in [3.05, 3.63) is 65.7 Å². The van der Waals surface area contributed by atoms with Crippen molar-refractivity contribution in [2.75, 3.05) is 20.2 Å². The fourth-order valence-corrected chi connectivity index (χ4v) is 6.50. The second-order valence-corrected chi connectivity index (χ2v) is 13.8. The van der Waals surface area contributed by atoms with E-state index in [1.54, 1.807) is 38.1 Å². The van der Waals surface area contributed by atoms with Gasteiger partial charge in [-0.25, -0.2) is 4.79 Å². The zero-order valence-corrected chi connectivity index (χ0v) is 31.3. The molecule has 2 aromatic carbocycles. The van der Waals surface area contributed by atoms with E-state index >= 15 is 0 Å². The molecule has 1 saturated heterocycles. The SMILES string of the molecule is CO[C@@H]1CCCN(C(=O)[C@H](CC(=O)O)NC(=O)[C@@H](NC(=O)Cc2ccccc2OCc2ccccc2)C(C)C)[C@@H]1CCC(=O)N[C@@H](CCCCN)C(=O)O. The number of para-hydroxylation sites is 1. The molecule has 7 N–H and O–H groups in total. The molecule has 0 unspecified atom stereocenters. The number of carbonyl (C=O) groups excluding carboxylic acids is 4. The first kappa shape index (κ1) is 43.4. The Morgan fingerprint density at radius 2 is 1.61 bits per heavy atom. The molecule has 0 bridgehead atoms. The van der Waals surface area contributed by atoms with Gasteiger partial charge in [0, 0.05) is 25.6 Å². The Kier molecular flexibility index (Phi) is 17.9. The molecule has 1 aliphatic heterocycles. The zero-order chi connectivity index (χ0) is 39.6. The van der Waals surface area contributed by atoms with Crippen LogP contribution in [-0.2, 0) is 46.5 Å². The summed E-state index contributed by atoms with van der Waals surface area (Å²) >= 11 is 0. The Morgan fingerprint density at radius 1 is 0.907 bits per heavy atom. The molecule has 0 aromatic heterocycles. The highest BCUT2D eigenvalue weighted by atomic mass is 16.5. The molecule has 296 valence electrons. The third-order valence-electron chi connectivity index (χ3n) is 9.37. The largest absolute Gasteiger partial charge is 0.489 e. The number of nitrogens with zero attached hydrogens (tertiary/aromatic N) is 1. The van der Waals surface area contributed by atoms with E-state index < -0.39 is 78.2 Å². The number of carboxylic acids is 2. The van der Waals surface area contributed by atoms with Crippen molar-refractivity contribution >= 4 is 35.6 Å². The lowest BCUT2D eigenvalue weighted by Gasteiger charge is -2.42. The lowest BCUT2D eigenvalue weighted by molar-refractivity contribution is -0.149. The maximum absolute atomic E-state index is 14.1. The van der Waals surface area contributed by atoms with Crippen LogP contribution in [0, 0.1) is 5.92 Å². The molecule has 1 heterocycles. The van der Waals surface area contributed by atoms with Crippen LogP contribution >= 0.6 is 0 Å². The van der Waals surface area contributed by atoms with Crippen LogP contribution in [0.5, 0.6) is 5.75 Å². The van der Waals surface area contributed by atoms with Gasteiger partial charge in [0.05, 0.1) is 25.0 Å². The van der Waals surface area contributed by atoms with Gasteiger partial charge in [-0.1, -0.05) is 62.4 Å². The Morgan fingerprint density at radius 3 is 2.26 bits per heavy atom. The first-order valence-corrected chi connectivity index (χ1v) is 18.5. The molecular formula is C39H55N5O10. The number of methoxy groups -OCH3 is 1. The van der Waals surface area contributed by atoms with E-state index in [2.05, 4.69) is 16.0 Å². The second kappa shape index (κ2) is 22.3. The third-order valence-corrected chi connectivity index (χ3v) is 9.37. The number of nitrogens with one attached hydrogen (secondary N) is 3. The monoisotopic (exact) mass is 753 g/mol. The van der Waals surface area contributed by atoms with Gasteiger partial charge in [0.2, 0.25) is 23.6 Å². The van der Waals surface area contributed by atoms with Crippen molar-refractivity contribution in [2.24, 2.45) is 11.7 Å². The van der Waals surface area contributed by atoms with E-state index in [9.17, 15) is 39.0 Å². The smallest absolute Gasteiger partial charge is 0.326 e. The molecule has 15 nitrogen and oxygen atoms in total. The number of carboxylic acid groups (broad SMARTS) is 2. The van der Waals surface area contributed by atoms with E-state index in [4.69, 9.17) is 15.2 Å². The molecule has 54 heavy (non-hydrogen) atoms. The highest BCUT2D eigenvalue weighted by Gasteiger charge is 2.39. The first-order valence-electron chi connectivity index (χ1n) is 18.5. The maximum Gasteiger partial charge on any atom is 0.326 e. The minimum Gasteiger partial charge on any atom is -0.489 e. The van der Waals surface area contributed by atoms with Gasteiger partial charge in [0.1, 0.15) is 30.5 Å². The number of hydrogen-bond donors (Lipinski definition) is 6. The van der Waals surface area contributed by atoms with Crippen molar-refractivity contribution < 1.29 is 48.5 Å². The fraction of sp³-hybridized carbons (Fsp3) is 0.538. The van der Waals surface area contributed by atoms with Crippen LogP contribution in [-0.4, -0.2) is 101 Å². The maximum atomic E-state index is 14.1. The summed E-state index contributed by atoms with van der Waals surface area (Å²) in [5.41, 5.74) is 7.07. The predicted molar refractivity (Wildman–Crippen MR) is 199 cm³/mol. The number of nitrogens with two attached hydrogens (primary N) is 1. The fourth-order valence-electron chi connectivity index (χ4n) is 6.50. The van der Waals surface area contributed by atoms with Crippen LogP contribution in [0.25, 0.3) is 0 Å². The highest BCUT2D eigenvalue weighted by molar-refractivity contribution is 5.94. The first-order chi connectivity index (χ1) is 25.8. The van der Waals surface area contributed by atoms with Gasteiger partial charge >= 0.3 is 11.9 Å². The predicted octanol–water partition coefficient (Wildman–Crippen LogP) is 2.39. The number of hydrogen-bond acceptors (Lipinski definition) is 9. The zero-order valence-electron chi connectivity index (χ0n) is 31.3. The van der Waals surface area contributed by atoms with Gasteiger partial charge in [-0.05, 0) is 62.6 Å². The van der Waals surface area contributed by atoms with Crippen LogP contribution in [0.3, 0.4) is 0 Å². The number of rotatable bonds is 22. The Bertz CT molecular complexity index is 1560. The van der Waals surface area contributed by atoms with Crippen LogP contribution in [0.1, 0.15) is 76.3 Å². The molecule has 1 fully saturated rings. The summed E-state index contributed by atoms with van der Waals surface area (Å²) < 4.78 is 11.6. The average molecular weight is 754 g/mol. The minimum atomic E-state index is -1.48. The van der Waals surface area contributed by atoms with Gasteiger partial charge in [-0.3, -0.25) is 24.0 Å². The Hall–Kier alpha value is -5.02. The van der Waals surface area contributed by atoms with Crippen molar-refractivity contribution in [1.29, 1.82) is 0 Å². The molecule has 3 rings (SSSR count). The number of aliphatic carboxylic acids is 2. The molecule has 5 atom stereocenters. The second-order valence-electron chi connectivity index (χ2n) is 13.8. The lowest BCUT2D eigenvalue weighted by Crippen LogP contribution is -2.60. The average Bonchev–Trinajstić information content (AvgIpc) is 3.14. The van der Waals surface area contributed by atoms with Crippen LogP contribution in [0.4, 0.5) is 0 Å². The van der Waals surface area contributed by atoms with Crippen molar-refractivity contribution in [3.63, 3.8) is 0 Å². The Labute approximate surface area is 316 Å². The van der Waals surface area contributed by atoms with Gasteiger partial charge in [0.15, 0.2) is 0 Å².